The Morgan fingerprint density at radius 1 is 1.29 bits per heavy atom. The molecule has 1 fully saturated rings. The molecule has 2 heterocycles. The van der Waals surface area contributed by atoms with Gasteiger partial charge in [-0.1, -0.05) is 0 Å². The molecule has 1 aliphatic rings. The summed E-state index contributed by atoms with van der Waals surface area (Å²) in [5.74, 6) is 1.27. The lowest BCUT2D eigenvalue weighted by atomic mass is 10.3. The third-order valence-corrected chi connectivity index (χ3v) is 5.31. The number of hydrogen-bond donors (Lipinski definition) is 1. The zero-order chi connectivity index (χ0) is 17.2. The number of carbonyl (C=O) groups excluding carboxylic acids is 1. The molecule has 0 bridgehead atoms. The summed E-state index contributed by atoms with van der Waals surface area (Å²) in [7, 11) is -3.60. The van der Waals surface area contributed by atoms with E-state index in [1.807, 2.05) is 0 Å². The third kappa shape index (κ3) is 3.65. The van der Waals surface area contributed by atoms with Crippen LogP contribution < -0.4 is 9.62 Å². The maximum Gasteiger partial charge on any atom is 0.240 e. The van der Waals surface area contributed by atoms with Gasteiger partial charge in [0, 0.05) is 31.6 Å². The van der Waals surface area contributed by atoms with Crippen molar-refractivity contribution in [2.75, 3.05) is 18.0 Å². The van der Waals surface area contributed by atoms with Crippen LogP contribution in [-0.2, 0) is 21.2 Å². The molecule has 128 valence electrons. The van der Waals surface area contributed by atoms with E-state index in [0.717, 1.165) is 12.1 Å². The average molecular weight is 349 g/mol. The molecule has 7 nitrogen and oxygen atoms in total. The second-order valence-electron chi connectivity index (χ2n) is 5.66. The van der Waals surface area contributed by atoms with Crippen LogP contribution in [0.2, 0.25) is 0 Å². The van der Waals surface area contributed by atoms with Gasteiger partial charge in [0.25, 0.3) is 0 Å². The molecule has 24 heavy (non-hydrogen) atoms. The van der Waals surface area contributed by atoms with Gasteiger partial charge in [-0.2, -0.15) is 0 Å². The first kappa shape index (κ1) is 16.7. The molecule has 3 rings (SSSR count). The summed E-state index contributed by atoms with van der Waals surface area (Å²) in [6.07, 6.45) is 3.36. The van der Waals surface area contributed by atoms with Gasteiger partial charge in [-0.15, -0.1) is 0 Å². The number of nitrogens with one attached hydrogen (secondary N) is 1. The Hall–Kier alpha value is -2.19. The van der Waals surface area contributed by atoms with Crippen molar-refractivity contribution in [3.63, 3.8) is 0 Å². The Labute approximate surface area is 140 Å². The number of hydrogen-bond acceptors (Lipinski definition) is 5. The zero-order valence-corrected chi connectivity index (χ0v) is 14.2. The van der Waals surface area contributed by atoms with Crippen LogP contribution >= 0.6 is 0 Å². The van der Waals surface area contributed by atoms with E-state index in [2.05, 4.69) is 9.71 Å². The maximum absolute atomic E-state index is 12.3. The molecule has 0 spiro atoms. The molecule has 1 aromatic heterocycles. The van der Waals surface area contributed by atoms with Crippen molar-refractivity contribution in [1.82, 2.24) is 9.71 Å². The van der Waals surface area contributed by atoms with E-state index in [9.17, 15) is 13.2 Å². The van der Waals surface area contributed by atoms with Crippen molar-refractivity contribution in [1.29, 1.82) is 0 Å². The predicted octanol–water partition coefficient (Wildman–Crippen LogP) is 1.63. The quantitative estimate of drug-likeness (QED) is 0.856. The number of oxazole rings is 1. The molecule has 1 N–H and O–H groups in total. The van der Waals surface area contributed by atoms with Gasteiger partial charge in [0.1, 0.15) is 5.76 Å². The predicted molar refractivity (Wildman–Crippen MR) is 88.2 cm³/mol. The number of anilines is 1. The number of rotatable bonds is 6. The van der Waals surface area contributed by atoms with E-state index in [0.29, 0.717) is 31.0 Å². The topological polar surface area (TPSA) is 92.5 Å². The van der Waals surface area contributed by atoms with Crippen molar-refractivity contribution in [2.24, 2.45) is 0 Å². The summed E-state index contributed by atoms with van der Waals surface area (Å²) >= 11 is 0. The molecule has 0 atom stereocenters. The molecule has 1 saturated heterocycles. The average Bonchev–Trinajstić information content (AvgIpc) is 3.16. The molecular formula is C16H19N3O4S. The Kier molecular flexibility index (Phi) is 4.68. The van der Waals surface area contributed by atoms with Crippen molar-refractivity contribution in [2.45, 2.75) is 31.1 Å². The second kappa shape index (κ2) is 6.74. The first-order valence-electron chi connectivity index (χ1n) is 7.77. The lowest BCUT2D eigenvalue weighted by molar-refractivity contribution is -0.117. The molecule has 1 aromatic carbocycles. The van der Waals surface area contributed by atoms with Crippen LogP contribution in [0.15, 0.2) is 39.8 Å². The summed E-state index contributed by atoms with van der Waals surface area (Å²) in [6.45, 7) is 2.67. The summed E-state index contributed by atoms with van der Waals surface area (Å²) in [5, 5.41) is 0. The molecule has 1 amide bonds. The number of carbonyl (C=O) groups is 1. The minimum atomic E-state index is -3.60. The first-order chi connectivity index (χ1) is 11.5. The highest BCUT2D eigenvalue weighted by atomic mass is 32.2. The molecule has 0 aliphatic carbocycles. The minimum Gasteiger partial charge on any atom is -0.446 e. The van der Waals surface area contributed by atoms with Crippen LogP contribution in [0.1, 0.15) is 24.5 Å². The summed E-state index contributed by atoms with van der Waals surface area (Å²) in [4.78, 5) is 17.6. The van der Waals surface area contributed by atoms with Crippen LogP contribution in [0.5, 0.6) is 0 Å². The number of nitrogens with zero attached hydrogens (tertiary/aromatic N) is 2. The minimum absolute atomic E-state index is 0.0740. The standard InChI is InChI=1S/C16H19N3O4S/c1-12-11-17-15(23-12)8-9-18-24(21,22)14-6-4-13(5-7-14)19-10-2-3-16(19)20/h4-7,11,18H,2-3,8-10H2,1H3. The van der Waals surface area contributed by atoms with Crippen molar-refractivity contribution in [3.8, 4) is 0 Å². The molecule has 1 aliphatic heterocycles. The second-order valence-corrected chi connectivity index (χ2v) is 7.42. The van der Waals surface area contributed by atoms with Gasteiger partial charge in [-0.3, -0.25) is 4.79 Å². The largest absolute Gasteiger partial charge is 0.446 e. The van der Waals surface area contributed by atoms with E-state index in [1.165, 1.54) is 12.1 Å². The highest BCUT2D eigenvalue weighted by Crippen LogP contribution is 2.22. The van der Waals surface area contributed by atoms with Gasteiger partial charge in [-0.05, 0) is 37.6 Å². The SMILES string of the molecule is Cc1cnc(CCNS(=O)(=O)c2ccc(N3CCCC3=O)cc2)o1. The molecule has 8 heteroatoms. The number of benzene rings is 1. The summed E-state index contributed by atoms with van der Waals surface area (Å²) in [5.41, 5.74) is 0.728. The van der Waals surface area contributed by atoms with Crippen molar-refractivity contribution >= 4 is 21.6 Å². The normalized spacial score (nSPS) is 15.2. The first-order valence-corrected chi connectivity index (χ1v) is 9.25. The fourth-order valence-corrected chi connectivity index (χ4v) is 3.65. The van der Waals surface area contributed by atoms with Gasteiger partial charge in [-0.25, -0.2) is 18.1 Å². The van der Waals surface area contributed by atoms with E-state index in [4.69, 9.17) is 4.42 Å². The van der Waals surface area contributed by atoms with E-state index < -0.39 is 10.0 Å². The molecule has 0 saturated carbocycles. The number of aromatic nitrogens is 1. The van der Waals surface area contributed by atoms with Crippen molar-refractivity contribution < 1.29 is 17.6 Å². The molecule has 0 unspecified atom stereocenters. The van der Waals surface area contributed by atoms with Crippen LogP contribution in [0.4, 0.5) is 5.69 Å². The Morgan fingerprint density at radius 2 is 2.04 bits per heavy atom. The van der Waals surface area contributed by atoms with Gasteiger partial charge >= 0.3 is 0 Å². The smallest absolute Gasteiger partial charge is 0.240 e. The van der Waals surface area contributed by atoms with Crippen molar-refractivity contribution in [3.05, 3.63) is 42.1 Å². The molecule has 0 radical (unpaired) electrons. The molecule has 2 aromatic rings. The summed E-state index contributed by atoms with van der Waals surface area (Å²) < 4.78 is 32.4. The highest BCUT2D eigenvalue weighted by Gasteiger charge is 2.22. The van der Waals surface area contributed by atoms with E-state index in [-0.39, 0.29) is 17.3 Å². The van der Waals surface area contributed by atoms with Gasteiger partial charge in [0.2, 0.25) is 15.9 Å². The number of sulfonamides is 1. The van der Waals surface area contributed by atoms with E-state index in [1.54, 1.807) is 30.2 Å². The van der Waals surface area contributed by atoms with Gasteiger partial charge in [0.15, 0.2) is 5.89 Å². The van der Waals surface area contributed by atoms with Crippen LogP contribution in [-0.4, -0.2) is 32.4 Å². The third-order valence-electron chi connectivity index (χ3n) is 3.83. The lowest BCUT2D eigenvalue weighted by Gasteiger charge is -2.16. The van der Waals surface area contributed by atoms with Crippen LogP contribution in [0.25, 0.3) is 0 Å². The molecular weight excluding hydrogens is 330 g/mol. The Balaban J connectivity index is 1.62. The van der Waals surface area contributed by atoms with E-state index >= 15 is 0 Å². The Morgan fingerprint density at radius 3 is 2.62 bits per heavy atom. The zero-order valence-electron chi connectivity index (χ0n) is 13.4. The summed E-state index contributed by atoms with van der Waals surface area (Å²) in [6, 6.07) is 6.35. The number of aryl methyl sites for hydroxylation is 1. The fraction of sp³-hybridized carbons (Fsp3) is 0.375. The van der Waals surface area contributed by atoms with Crippen LogP contribution in [0.3, 0.4) is 0 Å². The van der Waals surface area contributed by atoms with Gasteiger partial charge < -0.3 is 9.32 Å². The monoisotopic (exact) mass is 349 g/mol. The Bertz CT molecular complexity index is 827. The number of amides is 1. The highest BCUT2D eigenvalue weighted by molar-refractivity contribution is 7.89. The lowest BCUT2D eigenvalue weighted by Crippen LogP contribution is -2.26. The van der Waals surface area contributed by atoms with Gasteiger partial charge in [0.05, 0.1) is 11.1 Å². The maximum atomic E-state index is 12.3. The van der Waals surface area contributed by atoms with Crippen LogP contribution in [0, 0.1) is 6.92 Å². The fourth-order valence-electron chi connectivity index (χ4n) is 2.62.